The van der Waals surface area contributed by atoms with E-state index in [4.69, 9.17) is 10.8 Å². The summed E-state index contributed by atoms with van der Waals surface area (Å²) in [4.78, 5) is 10.4. The van der Waals surface area contributed by atoms with Gasteiger partial charge in [0.15, 0.2) is 0 Å². The van der Waals surface area contributed by atoms with Crippen LogP contribution in [0.3, 0.4) is 0 Å². The van der Waals surface area contributed by atoms with Gasteiger partial charge >= 0.3 is 11.9 Å². The molecule has 0 spiro atoms. The Labute approximate surface area is 68.3 Å². The van der Waals surface area contributed by atoms with Gasteiger partial charge in [0.1, 0.15) is 0 Å². The van der Waals surface area contributed by atoms with E-state index in [1.54, 1.807) is 0 Å². The van der Waals surface area contributed by atoms with Crippen molar-refractivity contribution >= 4 is 5.97 Å². The molecule has 0 heterocycles. The summed E-state index contributed by atoms with van der Waals surface area (Å²) in [5, 5.41) is 8.34. The van der Waals surface area contributed by atoms with Crippen LogP contribution in [0.4, 0.5) is 8.78 Å². The van der Waals surface area contributed by atoms with Gasteiger partial charge < -0.3 is 15.6 Å². The quantitative estimate of drug-likeness (QED) is 0.576. The molecule has 0 amide bonds. The summed E-state index contributed by atoms with van der Waals surface area (Å²) in [5.41, 5.74) is 5.01. The van der Waals surface area contributed by atoms with Gasteiger partial charge in [0.2, 0.25) is 0 Å². The molecule has 3 N–H and O–H groups in total. The molecular weight excluding hydrogens is 172 g/mol. The molecule has 12 heavy (non-hydrogen) atoms. The molecular formula is C6H11F2NO3. The molecule has 0 aliphatic rings. The molecule has 0 aromatic heterocycles. The lowest BCUT2D eigenvalue weighted by molar-refractivity contribution is -0.170. The third-order valence-electron chi connectivity index (χ3n) is 1.24. The van der Waals surface area contributed by atoms with Gasteiger partial charge in [-0.1, -0.05) is 0 Å². The number of rotatable bonds is 4. The van der Waals surface area contributed by atoms with Gasteiger partial charge in [0.05, 0.1) is 13.7 Å². The van der Waals surface area contributed by atoms with Crippen LogP contribution in [0.25, 0.3) is 0 Å². The van der Waals surface area contributed by atoms with Crippen molar-refractivity contribution in [2.75, 3.05) is 13.7 Å². The number of nitrogens with two attached hydrogens (primary N) is 1. The fourth-order valence-corrected chi connectivity index (χ4v) is 0.626. The van der Waals surface area contributed by atoms with Gasteiger partial charge in [-0.15, -0.1) is 0 Å². The molecule has 0 fully saturated rings. The van der Waals surface area contributed by atoms with E-state index in [1.807, 2.05) is 0 Å². The average molecular weight is 183 g/mol. The summed E-state index contributed by atoms with van der Waals surface area (Å²) in [6.07, 6.45) is -0.907. The number of carbonyl (C=O) groups is 1. The summed E-state index contributed by atoms with van der Waals surface area (Å²) in [6, 6.07) is -1.11. The molecule has 6 heteroatoms. The number of hydrogen-bond donors (Lipinski definition) is 2. The van der Waals surface area contributed by atoms with E-state index < -0.39 is 31.0 Å². The molecule has 0 bridgehead atoms. The second-order valence-electron chi connectivity index (χ2n) is 2.34. The summed E-state index contributed by atoms with van der Waals surface area (Å²) < 4.78 is 29.0. The molecule has 0 saturated heterocycles. The van der Waals surface area contributed by atoms with Crippen LogP contribution in [-0.2, 0) is 9.53 Å². The van der Waals surface area contributed by atoms with Crippen molar-refractivity contribution in [1.82, 2.24) is 0 Å². The van der Waals surface area contributed by atoms with E-state index in [1.165, 1.54) is 0 Å². The first kappa shape index (κ1) is 11.2. The van der Waals surface area contributed by atoms with E-state index in [0.717, 1.165) is 7.11 Å². The Hall–Kier alpha value is -0.750. The third-order valence-corrected chi connectivity index (χ3v) is 1.24. The van der Waals surface area contributed by atoms with Gasteiger partial charge in [0.25, 0.3) is 0 Å². The van der Waals surface area contributed by atoms with Gasteiger partial charge in [-0.3, -0.25) is 0 Å². The lowest BCUT2D eigenvalue weighted by atomic mass is 10.1. The zero-order valence-electron chi connectivity index (χ0n) is 6.59. The number of alkyl halides is 2. The maximum absolute atomic E-state index is 12.6. The number of halogens is 2. The zero-order valence-corrected chi connectivity index (χ0v) is 6.59. The highest BCUT2D eigenvalue weighted by Gasteiger charge is 2.41. The van der Waals surface area contributed by atoms with Crippen molar-refractivity contribution in [2.45, 2.75) is 18.4 Å². The lowest BCUT2D eigenvalue weighted by Gasteiger charge is -2.16. The van der Waals surface area contributed by atoms with E-state index >= 15 is 0 Å². The molecule has 0 unspecified atom stereocenters. The van der Waals surface area contributed by atoms with Crippen molar-refractivity contribution in [1.29, 1.82) is 0 Å². The maximum Gasteiger partial charge on any atom is 0.376 e. The Morgan fingerprint density at radius 1 is 1.75 bits per heavy atom. The minimum absolute atomic E-state index is 0.591. The van der Waals surface area contributed by atoms with E-state index in [0.29, 0.717) is 0 Å². The monoisotopic (exact) mass is 183 g/mol. The fourth-order valence-electron chi connectivity index (χ4n) is 0.626. The molecule has 0 aromatic carbocycles. The second-order valence-corrected chi connectivity index (χ2v) is 2.34. The predicted molar refractivity (Wildman–Crippen MR) is 36.6 cm³/mol. The topological polar surface area (TPSA) is 72.5 Å². The van der Waals surface area contributed by atoms with Crippen LogP contribution in [0.15, 0.2) is 0 Å². The molecule has 0 radical (unpaired) electrons. The maximum atomic E-state index is 12.6. The number of esters is 1. The van der Waals surface area contributed by atoms with Gasteiger partial charge in [-0.25, -0.2) is 4.79 Å². The number of aliphatic hydroxyl groups excluding tert-OH is 1. The van der Waals surface area contributed by atoms with Crippen LogP contribution in [0, 0.1) is 0 Å². The number of aliphatic hydroxyl groups is 1. The zero-order chi connectivity index (χ0) is 9.78. The standard InChI is InChI=1S/C6H11F2NO3/c1-12-5(11)6(7,8)2-4(9)3-10/h4,10H,2-3,9H2,1H3/t4-/m0/s1. The Morgan fingerprint density at radius 3 is 2.58 bits per heavy atom. The molecule has 0 aliphatic heterocycles. The molecule has 0 saturated carbocycles. The fraction of sp³-hybridized carbons (Fsp3) is 0.833. The first-order valence-electron chi connectivity index (χ1n) is 3.26. The first-order valence-corrected chi connectivity index (χ1v) is 3.26. The molecule has 4 nitrogen and oxygen atoms in total. The Balaban J connectivity index is 4.11. The van der Waals surface area contributed by atoms with Crippen LogP contribution in [-0.4, -0.2) is 36.8 Å². The Bertz CT molecular complexity index is 163. The number of ether oxygens (including phenoxy) is 1. The van der Waals surface area contributed by atoms with Crippen molar-refractivity contribution in [3.8, 4) is 0 Å². The third kappa shape index (κ3) is 3.10. The summed E-state index contributed by atoms with van der Waals surface area (Å²) >= 11 is 0. The summed E-state index contributed by atoms with van der Waals surface area (Å²) in [5.74, 6) is -5.25. The SMILES string of the molecule is COC(=O)C(F)(F)C[C@H](N)CO. The first-order chi connectivity index (χ1) is 5.44. The minimum Gasteiger partial charge on any atom is -0.465 e. The van der Waals surface area contributed by atoms with Crippen LogP contribution in [0.5, 0.6) is 0 Å². The van der Waals surface area contributed by atoms with Gasteiger partial charge in [0, 0.05) is 12.5 Å². The molecule has 0 aromatic rings. The average Bonchev–Trinajstić information content (AvgIpc) is 2.02. The molecule has 0 rings (SSSR count). The minimum atomic E-state index is -3.61. The number of carbonyl (C=O) groups excluding carboxylic acids is 1. The predicted octanol–water partition coefficient (Wildman–Crippen LogP) is -0.496. The smallest absolute Gasteiger partial charge is 0.376 e. The molecule has 72 valence electrons. The largest absolute Gasteiger partial charge is 0.465 e. The lowest BCUT2D eigenvalue weighted by Crippen LogP contribution is -2.39. The molecule has 1 atom stereocenters. The van der Waals surface area contributed by atoms with Crippen molar-refractivity contribution in [3.05, 3.63) is 0 Å². The van der Waals surface area contributed by atoms with Gasteiger partial charge in [-0.2, -0.15) is 8.78 Å². The van der Waals surface area contributed by atoms with E-state index in [2.05, 4.69) is 4.74 Å². The molecule has 0 aliphatic carbocycles. The van der Waals surface area contributed by atoms with Crippen LogP contribution in [0.1, 0.15) is 6.42 Å². The van der Waals surface area contributed by atoms with Crippen molar-refractivity contribution < 1.29 is 23.4 Å². The van der Waals surface area contributed by atoms with E-state index in [9.17, 15) is 13.6 Å². The highest BCUT2D eigenvalue weighted by atomic mass is 19.3. The van der Waals surface area contributed by atoms with Gasteiger partial charge in [-0.05, 0) is 0 Å². The van der Waals surface area contributed by atoms with Crippen LogP contribution >= 0.6 is 0 Å². The van der Waals surface area contributed by atoms with Crippen LogP contribution < -0.4 is 5.73 Å². The highest BCUT2D eigenvalue weighted by Crippen LogP contribution is 2.20. The second kappa shape index (κ2) is 4.32. The van der Waals surface area contributed by atoms with Crippen molar-refractivity contribution in [3.63, 3.8) is 0 Å². The number of methoxy groups -OCH3 is 1. The Morgan fingerprint density at radius 2 is 2.25 bits per heavy atom. The van der Waals surface area contributed by atoms with E-state index in [-0.39, 0.29) is 0 Å². The van der Waals surface area contributed by atoms with Crippen molar-refractivity contribution in [2.24, 2.45) is 5.73 Å². The highest BCUT2D eigenvalue weighted by molar-refractivity contribution is 5.77. The van der Waals surface area contributed by atoms with Crippen LogP contribution in [0.2, 0.25) is 0 Å². The normalized spacial score (nSPS) is 14.1. The summed E-state index contributed by atoms with van der Waals surface area (Å²) in [6.45, 7) is -0.591. The number of hydrogen-bond acceptors (Lipinski definition) is 4. The Kier molecular flexibility index (Phi) is 4.05. The summed E-state index contributed by atoms with van der Waals surface area (Å²) in [7, 11) is 0.862.